The van der Waals surface area contributed by atoms with E-state index >= 15 is 0 Å². The van der Waals surface area contributed by atoms with Crippen molar-refractivity contribution in [2.24, 2.45) is 5.73 Å². The molecule has 0 bridgehead atoms. The molecule has 2 nitrogen and oxygen atoms in total. The second kappa shape index (κ2) is 4.27. The van der Waals surface area contributed by atoms with E-state index in [0.717, 1.165) is 0 Å². The van der Waals surface area contributed by atoms with Gasteiger partial charge < -0.3 is 5.73 Å². The highest BCUT2D eigenvalue weighted by atomic mass is 79.9. The highest BCUT2D eigenvalue weighted by Crippen LogP contribution is 2.32. The van der Waals surface area contributed by atoms with E-state index in [4.69, 9.17) is 5.73 Å². The zero-order valence-corrected chi connectivity index (χ0v) is 8.64. The number of rotatable bonds is 2. The van der Waals surface area contributed by atoms with Crippen molar-refractivity contribution in [3.05, 3.63) is 28.5 Å². The third-order valence-corrected chi connectivity index (χ3v) is 2.21. The van der Waals surface area contributed by atoms with E-state index in [1.54, 1.807) is 0 Å². The van der Waals surface area contributed by atoms with Crippen molar-refractivity contribution in [1.29, 1.82) is 0 Å². The maximum absolute atomic E-state index is 12.4. The molecular formula is C8H8BrF3N2. The van der Waals surface area contributed by atoms with Crippen LogP contribution in [0.1, 0.15) is 11.6 Å². The van der Waals surface area contributed by atoms with Crippen molar-refractivity contribution in [2.45, 2.75) is 12.1 Å². The predicted octanol–water partition coefficient (Wildman–Crippen LogP) is 2.45. The van der Waals surface area contributed by atoms with Crippen LogP contribution in [0.15, 0.2) is 22.8 Å². The van der Waals surface area contributed by atoms with Gasteiger partial charge in [-0.15, -0.1) is 0 Å². The standard InChI is InChI=1S/C8H8BrF3N2/c9-5-1-2-7(14-4-5)6(3-13)8(10,11)12/h1-2,4,6H,3,13H2. The van der Waals surface area contributed by atoms with Crippen LogP contribution in [0.25, 0.3) is 0 Å². The maximum Gasteiger partial charge on any atom is 0.398 e. The van der Waals surface area contributed by atoms with Gasteiger partial charge >= 0.3 is 6.18 Å². The van der Waals surface area contributed by atoms with Gasteiger partial charge in [0, 0.05) is 17.2 Å². The Bertz CT molecular complexity index is 296. The molecule has 0 saturated heterocycles. The van der Waals surface area contributed by atoms with Gasteiger partial charge in [-0.2, -0.15) is 13.2 Å². The van der Waals surface area contributed by atoms with Crippen molar-refractivity contribution < 1.29 is 13.2 Å². The molecule has 0 aromatic carbocycles. The van der Waals surface area contributed by atoms with Crippen LogP contribution in [0.2, 0.25) is 0 Å². The van der Waals surface area contributed by atoms with Crippen LogP contribution in [0.4, 0.5) is 13.2 Å². The Hall–Kier alpha value is -0.620. The van der Waals surface area contributed by atoms with Gasteiger partial charge in [-0.05, 0) is 28.1 Å². The van der Waals surface area contributed by atoms with Gasteiger partial charge in [0.1, 0.15) is 5.92 Å². The molecule has 0 spiro atoms. The third kappa shape index (κ3) is 2.68. The average Bonchev–Trinajstić information content (AvgIpc) is 2.07. The van der Waals surface area contributed by atoms with E-state index in [2.05, 4.69) is 20.9 Å². The molecule has 1 heterocycles. The molecule has 78 valence electrons. The molecule has 0 radical (unpaired) electrons. The Kier molecular flexibility index (Phi) is 3.49. The first-order chi connectivity index (χ1) is 6.45. The highest BCUT2D eigenvalue weighted by Gasteiger charge is 2.40. The van der Waals surface area contributed by atoms with Crippen LogP contribution in [-0.4, -0.2) is 17.7 Å². The van der Waals surface area contributed by atoms with Crippen molar-refractivity contribution in [3.8, 4) is 0 Å². The summed E-state index contributed by atoms with van der Waals surface area (Å²) in [4.78, 5) is 3.67. The van der Waals surface area contributed by atoms with Gasteiger partial charge in [0.15, 0.2) is 0 Å². The molecule has 0 aliphatic rings. The summed E-state index contributed by atoms with van der Waals surface area (Å²) in [6.07, 6.45) is -3.01. The fourth-order valence-electron chi connectivity index (χ4n) is 1.02. The lowest BCUT2D eigenvalue weighted by Crippen LogP contribution is -2.28. The van der Waals surface area contributed by atoms with E-state index in [1.165, 1.54) is 18.3 Å². The first-order valence-corrected chi connectivity index (χ1v) is 4.62. The largest absolute Gasteiger partial charge is 0.398 e. The molecule has 0 aliphatic heterocycles. The lowest BCUT2D eigenvalue weighted by molar-refractivity contribution is -0.148. The molecule has 0 aliphatic carbocycles. The van der Waals surface area contributed by atoms with Gasteiger partial charge in [-0.3, -0.25) is 4.98 Å². The molecule has 1 aromatic heterocycles. The Morgan fingerprint density at radius 3 is 2.43 bits per heavy atom. The number of hydrogen-bond donors (Lipinski definition) is 1. The van der Waals surface area contributed by atoms with Crippen molar-refractivity contribution in [2.75, 3.05) is 6.54 Å². The molecule has 1 rings (SSSR count). The van der Waals surface area contributed by atoms with Gasteiger partial charge in [-0.1, -0.05) is 0 Å². The van der Waals surface area contributed by atoms with Crippen LogP contribution in [0, 0.1) is 0 Å². The zero-order valence-electron chi connectivity index (χ0n) is 7.05. The number of nitrogens with two attached hydrogens (primary N) is 1. The van der Waals surface area contributed by atoms with Gasteiger partial charge in [0.25, 0.3) is 0 Å². The molecule has 2 N–H and O–H groups in total. The first-order valence-electron chi connectivity index (χ1n) is 3.83. The smallest absolute Gasteiger partial charge is 0.329 e. The van der Waals surface area contributed by atoms with Crippen LogP contribution >= 0.6 is 15.9 Å². The fourth-order valence-corrected chi connectivity index (χ4v) is 1.25. The molecule has 1 aromatic rings. The highest BCUT2D eigenvalue weighted by molar-refractivity contribution is 9.10. The molecular weight excluding hydrogens is 261 g/mol. The van der Waals surface area contributed by atoms with Crippen molar-refractivity contribution in [1.82, 2.24) is 4.98 Å². The van der Waals surface area contributed by atoms with E-state index in [0.29, 0.717) is 4.47 Å². The first kappa shape index (κ1) is 11.5. The maximum atomic E-state index is 12.4. The number of alkyl halides is 3. The van der Waals surface area contributed by atoms with Gasteiger partial charge in [0.2, 0.25) is 0 Å². The van der Waals surface area contributed by atoms with E-state index < -0.39 is 18.6 Å². The van der Waals surface area contributed by atoms with E-state index in [9.17, 15) is 13.2 Å². The lowest BCUT2D eigenvalue weighted by Gasteiger charge is -2.17. The predicted molar refractivity (Wildman–Crippen MR) is 49.8 cm³/mol. The van der Waals surface area contributed by atoms with Crippen molar-refractivity contribution >= 4 is 15.9 Å². The summed E-state index contributed by atoms with van der Waals surface area (Å²) in [6, 6.07) is 2.83. The van der Waals surface area contributed by atoms with E-state index in [1.807, 2.05) is 0 Å². The topological polar surface area (TPSA) is 38.9 Å². The molecule has 1 atom stereocenters. The minimum atomic E-state index is -4.34. The molecule has 6 heteroatoms. The molecule has 1 unspecified atom stereocenters. The summed E-state index contributed by atoms with van der Waals surface area (Å²) in [7, 11) is 0. The zero-order chi connectivity index (χ0) is 10.8. The monoisotopic (exact) mass is 268 g/mol. The van der Waals surface area contributed by atoms with E-state index in [-0.39, 0.29) is 5.69 Å². The summed E-state index contributed by atoms with van der Waals surface area (Å²) in [6.45, 7) is -0.488. The number of hydrogen-bond acceptors (Lipinski definition) is 2. The number of pyridine rings is 1. The Morgan fingerprint density at radius 2 is 2.07 bits per heavy atom. The number of halogens is 4. The molecule has 14 heavy (non-hydrogen) atoms. The van der Waals surface area contributed by atoms with Crippen LogP contribution < -0.4 is 5.73 Å². The third-order valence-electron chi connectivity index (χ3n) is 1.74. The second-order valence-corrected chi connectivity index (χ2v) is 3.65. The number of nitrogens with zero attached hydrogens (tertiary/aromatic N) is 1. The van der Waals surface area contributed by atoms with Crippen molar-refractivity contribution in [3.63, 3.8) is 0 Å². The van der Waals surface area contributed by atoms with Crippen LogP contribution in [-0.2, 0) is 0 Å². The van der Waals surface area contributed by atoms with Gasteiger partial charge in [-0.25, -0.2) is 0 Å². The molecule has 0 saturated carbocycles. The van der Waals surface area contributed by atoms with Crippen LogP contribution in [0.3, 0.4) is 0 Å². The van der Waals surface area contributed by atoms with Crippen LogP contribution in [0.5, 0.6) is 0 Å². The SMILES string of the molecule is NCC(c1ccc(Br)cn1)C(F)(F)F. The average molecular weight is 269 g/mol. The summed E-state index contributed by atoms with van der Waals surface area (Å²) in [5, 5.41) is 0. The Balaban J connectivity index is 2.96. The summed E-state index contributed by atoms with van der Waals surface area (Å²) < 4.78 is 37.8. The quantitative estimate of drug-likeness (QED) is 0.895. The normalized spacial score (nSPS) is 14.1. The van der Waals surface area contributed by atoms with Gasteiger partial charge in [0.05, 0.1) is 5.69 Å². The Morgan fingerprint density at radius 1 is 1.43 bits per heavy atom. The minimum Gasteiger partial charge on any atom is -0.329 e. The molecule has 0 amide bonds. The summed E-state index contributed by atoms with van der Waals surface area (Å²) in [5.74, 6) is -1.68. The summed E-state index contributed by atoms with van der Waals surface area (Å²) >= 11 is 3.09. The minimum absolute atomic E-state index is 0.0526. The number of aromatic nitrogens is 1. The Labute approximate surface area is 87.4 Å². The molecule has 0 fully saturated rings. The second-order valence-electron chi connectivity index (χ2n) is 2.73. The summed E-state index contributed by atoms with van der Waals surface area (Å²) in [5.41, 5.74) is 5.00. The lowest BCUT2D eigenvalue weighted by atomic mass is 10.1. The fraction of sp³-hybridized carbons (Fsp3) is 0.375.